The molecule has 0 spiro atoms. The van der Waals surface area contributed by atoms with Crippen LogP contribution in [-0.4, -0.2) is 9.13 Å². The van der Waals surface area contributed by atoms with E-state index in [-0.39, 0.29) is 17.9 Å². The summed E-state index contributed by atoms with van der Waals surface area (Å²) in [5, 5.41) is 0. The van der Waals surface area contributed by atoms with Gasteiger partial charge in [0, 0.05) is 20.2 Å². The standard InChI is InChI=1S/C14H16N2O3/c1-10-6-4-5-7-12(10)19-9-11-8-13(17)16(3)14(18)15(11)2/h4-8H,9H2,1-3H3. The Morgan fingerprint density at radius 3 is 2.47 bits per heavy atom. The normalized spacial score (nSPS) is 10.5. The van der Waals surface area contributed by atoms with Gasteiger partial charge in [0.15, 0.2) is 0 Å². The summed E-state index contributed by atoms with van der Waals surface area (Å²) in [4.78, 5) is 23.3. The van der Waals surface area contributed by atoms with Gasteiger partial charge in [-0.25, -0.2) is 4.79 Å². The van der Waals surface area contributed by atoms with E-state index in [4.69, 9.17) is 4.74 Å². The monoisotopic (exact) mass is 260 g/mol. The second-order valence-corrected chi connectivity index (χ2v) is 4.43. The molecular weight excluding hydrogens is 244 g/mol. The fraction of sp³-hybridized carbons (Fsp3) is 0.286. The van der Waals surface area contributed by atoms with Gasteiger partial charge >= 0.3 is 5.69 Å². The molecule has 0 radical (unpaired) electrons. The van der Waals surface area contributed by atoms with Crippen molar-refractivity contribution in [2.24, 2.45) is 14.1 Å². The zero-order valence-corrected chi connectivity index (χ0v) is 11.2. The molecule has 0 saturated heterocycles. The van der Waals surface area contributed by atoms with Gasteiger partial charge in [-0.05, 0) is 18.6 Å². The molecule has 0 unspecified atom stereocenters. The van der Waals surface area contributed by atoms with Crippen LogP contribution in [0.4, 0.5) is 0 Å². The van der Waals surface area contributed by atoms with E-state index in [9.17, 15) is 9.59 Å². The lowest BCUT2D eigenvalue weighted by molar-refractivity contribution is 0.291. The van der Waals surface area contributed by atoms with Crippen LogP contribution in [0.15, 0.2) is 39.9 Å². The van der Waals surface area contributed by atoms with Gasteiger partial charge in [0.2, 0.25) is 0 Å². The van der Waals surface area contributed by atoms with Crippen molar-refractivity contribution in [2.45, 2.75) is 13.5 Å². The quantitative estimate of drug-likeness (QED) is 0.826. The molecule has 0 fully saturated rings. The Balaban J connectivity index is 2.29. The Morgan fingerprint density at radius 2 is 1.79 bits per heavy atom. The van der Waals surface area contributed by atoms with Crippen LogP contribution < -0.4 is 16.0 Å². The van der Waals surface area contributed by atoms with E-state index in [1.165, 1.54) is 17.7 Å². The van der Waals surface area contributed by atoms with Gasteiger partial charge in [-0.2, -0.15) is 0 Å². The number of aryl methyl sites for hydroxylation is 1. The third-order valence-electron chi connectivity index (χ3n) is 3.09. The number of nitrogens with zero attached hydrogens (tertiary/aromatic N) is 2. The molecule has 0 aliphatic rings. The zero-order valence-electron chi connectivity index (χ0n) is 11.2. The highest BCUT2D eigenvalue weighted by molar-refractivity contribution is 5.31. The van der Waals surface area contributed by atoms with Crippen molar-refractivity contribution in [1.82, 2.24) is 9.13 Å². The lowest BCUT2D eigenvalue weighted by Gasteiger charge is -2.12. The average molecular weight is 260 g/mol. The van der Waals surface area contributed by atoms with Gasteiger partial charge in [0.05, 0.1) is 5.69 Å². The minimum atomic E-state index is -0.351. The summed E-state index contributed by atoms with van der Waals surface area (Å²) in [7, 11) is 3.08. The Hall–Kier alpha value is -2.30. The molecule has 100 valence electrons. The van der Waals surface area contributed by atoms with Crippen LogP contribution in [0.25, 0.3) is 0 Å². The minimum absolute atomic E-state index is 0.187. The van der Waals surface area contributed by atoms with Gasteiger partial charge in [-0.15, -0.1) is 0 Å². The van der Waals surface area contributed by atoms with Crippen LogP contribution in [0, 0.1) is 6.92 Å². The van der Waals surface area contributed by atoms with Gasteiger partial charge in [-0.1, -0.05) is 18.2 Å². The fourth-order valence-electron chi connectivity index (χ4n) is 1.79. The maximum absolute atomic E-state index is 11.8. The largest absolute Gasteiger partial charge is 0.487 e. The molecule has 0 aliphatic heterocycles. The van der Waals surface area contributed by atoms with Crippen LogP contribution in [0.3, 0.4) is 0 Å². The molecule has 1 aromatic carbocycles. The van der Waals surface area contributed by atoms with E-state index in [2.05, 4.69) is 0 Å². The topological polar surface area (TPSA) is 53.2 Å². The van der Waals surface area contributed by atoms with Crippen molar-refractivity contribution < 1.29 is 4.74 Å². The Labute approximate surface area is 110 Å². The van der Waals surface area contributed by atoms with Crippen molar-refractivity contribution in [3.63, 3.8) is 0 Å². The number of hydrogen-bond acceptors (Lipinski definition) is 3. The van der Waals surface area contributed by atoms with Gasteiger partial charge in [0.1, 0.15) is 12.4 Å². The number of benzene rings is 1. The van der Waals surface area contributed by atoms with Crippen molar-refractivity contribution in [1.29, 1.82) is 0 Å². The summed E-state index contributed by atoms with van der Waals surface area (Å²) in [5.74, 6) is 0.746. The number of hydrogen-bond donors (Lipinski definition) is 0. The second kappa shape index (κ2) is 5.14. The molecule has 1 heterocycles. The summed E-state index contributed by atoms with van der Waals surface area (Å²) in [6.07, 6.45) is 0. The summed E-state index contributed by atoms with van der Waals surface area (Å²) < 4.78 is 8.13. The van der Waals surface area contributed by atoms with Crippen molar-refractivity contribution in [2.75, 3.05) is 0 Å². The first kappa shape index (κ1) is 13.1. The van der Waals surface area contributed by atoms with E-state index in [0.29, 0.717) is 5.69 Å². The smallest absolute Gasteiger partial charge is 0.330 e. The molecule has 0 N–H and O–H groups in total. The van der Waals surface area contributed by atoms with E-state index in [1.807, 2.05) is 31.2 Å². The molecule has 5 nitrogen and oxygen atoms in total. The molecule has 1 aromatic heterocycles. The predicted molar refractivity (Wildman–Crippen MR) is 72.4 cm³/mol. The number of para-hydroxylation sites is 1. The summed E-state index contributed by atoms with van der Waals surface area (Å²) in [6.45, 7) is 2.13. The summed E-state index contributed by atoms with van der Waals surface area (Å²) >= 11 is 0. The zero-order chi connectivity index (χ0) is 14.0. The molecular formula is C14H16N2O3. The first-order valence-electron chi connectivity index (χ1n) is 5.95. The molecule has 2 rings (SSSR count). The number of rotatable bonds is 3. The van der Waals surface area contributed by atoms with Crippen molar-refractivity contribution in [3.05, 3.63) is 62.4 Å². The molecule has 0 saturated carbocycles. The molecule has 0 atom stereocenters. The van der Waals surface area contributed by atoms with E-state index in [0.717, 1.165) is 15.9 Å². The average Bonchev–Trinajstić information content (AvgIpc) is 2.40. The first-order chi connectivity index (χ1) is 9.00. The second-order valence-electron chi connectivity index (χ2n) is 4.43. The maximum Gasteiger partial charge on any atom is 0.330 e. The molecule has 0 amide bonds. The van der Waals surface area contributed by atoms with E-state index < -0.39 is 0 Å². The molecule has 0 aliphatic carbocycles. The van der Waals surface area contributed by atoms with Crippen molar-refractivity contribution in [3.8, 4) is 5.75 Å². The van der Waals surface area contributed by atoms with Gasteiger partial charge < -0.3 is 4.74 Å². The Bertz CT molecular complexity index is 713. The minimum Gasteiger partial charge on any atom is -0.487 e. The van der Waals surface area contributed by atoms with Gasteiger partial charge in [-0.3, -0.25) is 13.9 Å². The highest BCUT2D eigenvalue weighted by Crippen LogP contribution is 2.17. The predicted octanol–water partition coefficient (Wildman–Crippen LogP) is 0.971. The highest BCUT2D eigenvalue weighted by atomic mass is 16.5. The van der Waals surface area contributed by atoms with Crippen LogP contribution in [0.1, 0.15) is 11.3 Å². The first-order valence-corrected chi connectivity index (χ1v) is 5.95. The Kier molecular flexibility index (Phi) is 3.55. The third kappa shape index (κ3) is 2.59. The van der Waals surface area contributed by atoms with Crippen LogP contribution in [0.5, 0.6) is 5.75 Å². The third-order valence-corrected chi connectivity index (χ3v) is 3.09. The van der Waals surface area contributed by atoms with Crippen LogP contribution in [-0.2, 0) is 20.7 Å². The number of ether oxygens (including phenoxy) is 1. The SMILES string of the molecule is Cc1ccccc1OCc1cc(=O)n(C)c(=O)n1C. The van der Waals surface area contributed by atoms with Crippen LogP contribution in [0.2, 0.25) is 0 Å². The number of aromatic nitrogens is 2. The molecule has 19 heavy (non-hydrogen) atoms. The maximum atomic E-state index is 11.8. The Morgan fingerprint density at radius 1 is 1.11 bits per heavy atom. The fourth-order valence-corrected chi connectivity index (χ4v) is 1.79. The lowest BCUT2D eigenvalue weighted by atomic mass is 10.2. The molecule has 0 bridgehead atoms. The van der Waals surface area contributed by atoms with Gasteiger partial charge in [0.25, 0.3) is 5.56 Å². The summed E-state index contributed by atoms with van der Waals surface area (Å²) in [6, 6.07) is 9.02. The van der Waals surface area contributed by atoms with Crippen LogP contribution >= 0.6 is 0 Å². The van der Waals surface area contributed by atoms with Crippen molar-refractivity contribution >= 4 is 0 Å². The molecule has 2 aromatic rings. The summed E-state index contributed by atoms with van der Waals surface area (Å²) in [5.41, 5.74) is 0.884. The highest BCUT2D eigenvalue weighted by Gasteiger charge is 2.07. The van der Waals surface area contributed by atoms with E-state index >= 15 is 0 Å². The molecule has 5 heteroatoms. The van der Waals surface area contributed by atoms with E-state index in [1.54, 1.807) is 7.05 Å². The lowest BCUT2D eigenvalue weighted by Crippen LogP contribution is -2.38.